The van der Waals surface area contributed by atoms with Gasteiger partial charge in [-0.2, -0.15) is 5.26 Å². The Bertz CT molecular complexity index is 585. The van der Waals surface area contributed by atoms with Crippen LogP contribution < -0.4 is 4.74 Å². The number of benzene rings is 1. The molecule has 1 N–H and O–H groups in total. The second kappa shape index (κ2) is 9.94. The fourth-order valence-electron chi connectivity index (χ4n) is 3.41. The second-order valence-electron chi connectivity index (χ2n) is 7.18. The maximum absolute atomic E-state index is 10.1. The van der Waals surface area contributed by atoms with Crippen LogP contribution >= 0.6 is 11.8 Å². The predicted octanol–water partition coefficient (Wildman–Crippen LogP) is 5.21. The van der Waals surface area contributed by atoms with Gasteiger partial charge in [-0.05, 0) is 42.7 Å². The van der Waals surface area contributed by atoms with E-state index in [1.807, 2.05) is 12.1 Å². The Balaban J connectivity index is 1.84. The number of aromatic hydroxyl groups is 1. The van der Waals surface area contributed by atoms with Gasteiger partial charge in [0.15, 0.2) is 6.79 Å². The molecule has 3 atom stereocenters. The third kappa shape index (κ3) is 6.13. The molecule has 2 rings (SSSR count). The van der Waals surface area contributed by atoms with Crippen molar-refractivity contribution in [2.75, 3.05) is 12.5 Å². The number of thioether (sulfide) groups is 1. The summed E-state index contributed by atoms with van der Waals surface area (Å²) in [5.74, 6) is 3.37. The number of nitrogens with zero attached hydrogens (tertiary/aromatic N) is 1. The summed E-state index contributed by atoms with van der Waals surface area (Å²) >= 11 is 1.47. The minimum atomic E-state index is 0.187. The maximum Gasteiger partial charge on any atom is 0.189 e. The van der Waals surface area contributed by atoms with Gasteiger partial charge < -0.3 is 14.6 Å². The van der Waals surface area contributed by atoms with Gasteiger partial charge in [-0.25, -0.2) is 0 Å². The van der Waals surface area contributed by atoms with Gasteiger partial charge in [0.25, 0.3) is 0 Å². The number of ether oxygens (including phenoxy) is 2. The van der Waals surface area contributed by atoms with Gasteiger partial charge in [0.1, 0.15) is 11.5 Å². The third-order valence-corrected chi connectivity index (χ3v) is 5.94. The largest absolute Gasteiger partial charge is 0.507 e. The zero-order valence-corrected chi connectivity index (χ0v) is 16.2. The van der Waals surface area contributed by atoms with Crippen molar-refractivity contribution < 1.29 is 14.6 Å². The van der Waals surface area contributed by atoms with Crippen LogP contribution in [-0.4, -0.2) is 23.8 Å². The summed E-state index contributed by atoms with van der Waals surface area (Å²) in [7, 11) is 0. The quantitative estimate of drug-likeness (QED) is 0.390. The van der Waals surface area contributed by atoms with Crippen molar-refractivity contribution in [3.63, 3.8) is 0 Å². The molecule has 0 amide bonds. The van der Waals surface area contributed by atoms with Crippen molar-refractivity contribution in [3.8, 4) is 17.6 Å². The summed E-state index contributed by atoms with van der Waals surface area (Å²) < 4.78 is 11.7. The summed E-state index contributed by atoms with van der Waals surface area (Å²) in [6, 6.07) is 7.37. The number of phenols is 1. The first-order valence-electron chi connectivity index (χ1n) is 9.08. The standard InChI is InChI=1S/C20H29NO3S/c1-14(2)17-7-5-15(3)11-19(17)24-13-23-16-6-8-20(18(22)12-16)25-10-4-9-21/h6,8,12,14-15,17,19,22H,4-5,7,10-11,13H2,1-3H3/t15-,17+,19-/m1/s1. The van der Waals surface area contributed by atoms with Crippen LogP contribution in [0.1, 0.15) is 46.5 Å². The van der Waals surface area contributed by atoms with Gasteiger partial charge in [-0.15, -0.1) is 11.8 Å². The molecule has 1 fully saturated rings. The average molecular weight is 364 g/mol. The van der Waals surface area contributed by atoms with E-state index in [-0.39, 0.29) is 18.6 Å². The maximum atomic E-state index is 10.1. The van der Waals surface area contributed by atoms with Crippen molar-refractivity contribution in [1.82, 2.24) is 0 Å². The summed E-state index contributed by atoms with van der Waals surface area (Å²) in [5, 5.41) is 18.6. The van der Waals surface area contributed by atoms with Crippen LogP contribution in [0.15, 0.2) is 23.1 Å². The van der Waals surface area contributed by atoms with E-state index >= 15 is 0 Å². The highest BCUT2D eigenvalue weighted by molar-refractivity contribution is 7.99. The molecule has 0 saturated heterocycles. The smallest absolute Gasteiger partial charge is 0.189 e. The highest BCUT2D eigenvalue weighted by Crippen LogP contribution is 2.36. The SMILES string of the molecule is CC(C)[C@@H]1CC[C@@H](C)C[C@H]1OCOc1ccc(SCCC#N)c(O)c1. The fraction of sp³-hybridized carbons (Fsp3) is 0.650. The Morgan fingerprint density at radius 1 is 1.36 bits per heavy atom. The molecule has 138 valence electrons. The Hall–Kier alpha value is -1.38. The molecule has 1 aromatic rings. The van der Waals surface area contributed by atoms with E-state index in [9.17, 15) is 5.11 Å². The van der Waals surface area contributed by atoms with E-state index in [0.717, 1.165) is 11.3 Å². The lowest BCUT2D eigenvalue weighted by Gasteiger charge is -2.36. The van der Waals surface area contributed by atoms with E-state index in [1.165, 1.54) is 24.6 Å². The van der Waals surface area contributed by atoms with Crippen LogP contribution in [0.3, 0.4) is 0 Å². The predicted molar refractivity (Wildman–Crippen MR) is 101 cm³/mol. The van der Waals surface area contributed by atoms with Gasteiger partial charge in [0.2, 0.25) is 0 Å². The number of hydrogen-bond acceptors (Lipinski definition) is 5. The Labute approximate surface area is 155 Å². The lowest BCUT2D eigenvalue weighted by atomic mass is 9.75. The van der Waals surface area contributed by atoms with Gasteiger partial charge in [-0.1, -0.05) is 27.2 Å². The van der Waals surface area contributed by atoms with Crippen molar-refractivity contribution in [2.45, 2.75) is 57.5 Å². The molecule has 1 aliphatic rings. The first kappa shape index (κ1) is 19.9. The van der Waals surface area contributed by atoms with Gasteiger partial charge in [0, 0.05) is 23.1 Å². The minimum absolute atomic E-state index is 0.187. The molecule has 0 radical (unpaired) electrons. The molecule has 0 heterocycles. The minimum Gasteiger partial charge on any atom is -0.507 e. The molecule has 0 spiro atoms. The molecule has 1 saturated carbocycles. The van der Waals surface area contributed by atoms with Gasteiger partial charge >= 0.3 is 0 Å². The first-order chi connectivity index (χ1) is 12.0. The van der Waals surface area contributed by atoms with Gasteiger partial charge in [0.05, 0.1) is 12.2 Å². The van der Waals surface area contributed by atoms with Crippen molar-refractivity contribution in [3.05, 3.63) is 18.2 Å². The third-order valence-electron chi connectivity index (χ3n) is 4.87. The second-order valence-corrected chi connectivity index (χ2v) is 8.32. The van der Waals surface area contributed by atoms with Gasteiger partial charge in [-0.3, -0.25) is 0 Å². The summed E-state index contributed by atoms with van der Waals surface area (Å²) in [4.78, 5) is 0.768. The highest BCUT2D eigenvalue weighted by atomic mass is 32.2. The van der Waals surface area contributed by atoms with Crippen LogP contribution in [0.25, 0.3) is 0 Å². The molecule has 25 heavy (non-hydrogen) atoms. The molecule has 1 aliphatic carbocycles. The van der Waals surface area contributed by atoms with E-state index in [1.54, 1.807) is 6.07 Å². The van der Waals surface area contributed by atoms with Crippen molar-refractivity contribution >= 4 is 11.8 Å². The number of rotatable bonds is 8. The number of phenolic OH excluding ortho intramolecular Hbond substituents is 1. The topological polar surface area (TPSA) is 62.5 Å². The Morgan fingerprint density at radius 2 is 2.16 bits per heavy atom. The highest BCUT2D eigenvalue weighted by Gasteiger charge is 2.31. The van der Waals surface area contributed by atoms with Crippen LogP contribution in [0.5, 0.6) is 11.5 Å². The van der Waals surface area contributed by atoms with Crippen molar-refractivity contribution in [2.24, 2.45) is 17.8 Å². The number of nitriles is 1. The average Bonchev–Trinajstić information content (AvgIpc) is 2.57. The molecular formula is C20H29NO3S. The molecule has 0 aromatic heterocycles. The molecule has 1 aromatic carbocycles. The van der Waals surface area contributed by atoms with E-state index in [0.29, 0.717) is 35.7 Å². The van der Waals surface area contributed by atoms with E-state index in [4.69, 9.17) is 14.7 Å². The number of hydrogen-bond donors (Lipinski definition) is 1. The lowest BCUT2D eigenvalue weighted by Crippen LogP contribution is -2.35. The zero-order chi connectivity index (χ0) is 18.2. The Kier molecular flexibility index (Phi) is 7.92. The molecule has 5 heteroatoms. The van der Waals surface area contributed by atoms with Crippen molar-refractivity contribution in [1.29, 1.82) is 5.26 Å². The molecule has 0 bridgehead atoms. The van der Waals surface area contributed by atoms with Crippen LogP contribution in [0.2, 0.25) is 0 Å². The van der Waals surface area contributed by atoms with E-state index < -0.39 is 0 Å². The molecular weight excluding hydrogens is 334 g/mol. The monoisotopic (exact) mass is 363 g/mol. The first-order valence-corrected chi connectivity index (χ1v) is 10.1. The van der Waals surface area contributed by atoms with Crippen LogP contribution in [-0.2, 0) is 4.74 Å². The van der Waals surface area contributed by atoms with Crippen LogP contribution in [0, 0.1) is 29.1 Å². The normalized spacial score (nSPS) is 23.4. The summed E-state index contributed by atoms with van der Waals surface area (Å²) in [6.45, 7) is 7.02. The molecule has 4 nitrogen and oxygen atoms in total. The Morgan fingerprint density at radius 3 is 2.84 bits per heavy atom. The molecule has 0 unspecified atom stereocenters. The zero-order valence-electron chi connectivity index (χ0n) is 15.4. The summed E-state index contributed by atoms with van der Waals surface area (Å²) in [5.41, 5.74) is 0. The molecule has 0 aliphatic heterocycles. The van der Waals surface area contributed by atoms with Crippen LogP contribution in [0.4, 0.5) is 0 Å². The fourth-order valence-corrected chi connectivity index (χ4v) is 4.20. The lowest BCUT2D eigenvalue weighted by molar-refractivity contribution is -0.0917. The summed E-state index contributed by atoms with van der Waals surface area (Å²) in [6.07, 6.45) is 4.30. The van der Waals surface area contributed by atoms with E-state index in [2.05, 4.69) is 26.8 Å².